The van der Waals surface area contributed by atoms with Crippen LogP contribution in [0.2, 0.25) is 0 Å². The van der Waals surface area contributed by atoms with E-state index < -0.39 is 0 Å². The van der Waals surface area contributed by atoms with E-state index in [-0.39, 0.29) is 0 Å². The zero-order valence-electron chi connectivity index (χ0n) is 11.9. The van der Waals surface area contributed by atoms with Crippen molar-refractivity contribution in [1.82, 2.24) is 5.32 Å². The van der Waals surface area contributed by atoms with Crippen molar-refractivity contribution in [2.45, 2.75) is 33.2 Å². The minimum Gasteiger partial charge on any atom is -0.372 e. The van der Waals surface area contributed by atoms with Crippen molar-refractivity contribution >= 4 is 5.69 Å². The maximum Gasteiger partial charge on any atom is 0.0366 e. The fourth-order valence-corrected chi connectivity index (χ4v) is 2.19. The number of nitrogens with zero attached hydrogens (tertiary/aromatic N) is 1. The first-order valence-electron chi connectivity index (χ1n) is 6.98. The lowest BCUT2D eigenvalue weighted by Gasteiger charge is -2.21. The highest BCUT2D eigenvalue weighted by molar-refractivity contribution is 5.47. The van der Waals surface area contributed by atoms with Gasteiger partial charge in [-0.15, -0.1) is 0 Å². The van der Waals surface area contributed by atoms with Crippen molar-refractivity contribution in [3.63, 3.8) is 0 Å². The van der Waals surface area contributed by atoms with Crippen molar-refractivity contribution in [2.75, 3.05) is 31.1 Å². The molecule has 0 aliphatic carbocycles. The van der Waals surface area contributed by atoms with Gasteiger partial charge in [-0.2, -0.15) is 0 Å². The number of hydrogen-bond acceptors (Lipinski definition) is 3. The average Bonchev–Trinajstić information content (AvgIpc) is 2.40. The first-order valence-corrected chi connectivity index (χ1v) is 6.98. The van der Waals surface area contributed by atoms with Crippen molar-refractivity contribution < 1.29 is 0 Å². The Hall–Kier alpha value is -1.06. The highest BCUT2D eigenvalue weighted by Crippen LogP contribution is 2.15. The van der Waals surface area contributed by atoms with Gasteiger partial charge in [0.2, 0.25) is 0 Å². The molecule has 3 heteroatoms. The predicted molar refractivity (Wildman–Crippen MR) is 80.2 cm³/mol. The molecule has 0 saturated heterocycles. The summed E-state index contributed by atoms with van der Waals surface area (Å²) in [4.78, 5) is 2.36. The monoisotopic (exact) mass is 249 g/mol. The summed E-state index contributed by atoms with van der Waals surface area (Å²) in [7, 11) is 0. The summed E-state index contributed by atoms with van der Waals surface area (Å²) in [5.41, 5.74) is 8.18. The fraction of sp³-hybridized carbons (Fsp3) is 0.600. The maximum atomic E-state index is 5.49. The minimum absolute atomic E-state index is 0.479. The van der Waals surface area contributed by atoms with Crippen LogP contribution in [0.15, 0.2) is 24.3 Å². The minimum atomic E-state index is 0.479. The lowest BCUT2D eigenvalue weighted by molar-refractivity contribution is 0.553. The van der Waals surface area contributed by atoms with Crippen LogP contribution >= 0.6 is 0 Å². The molecule has 0 heterocycles. The molecule has 1 rings (SSSR count). The van der Waals surface area contributed by atoms with Gasteiger partial charge in [-0.3, -0.25) is 0 Å². The van der Waals surface area contributed by atoms with E-state index in [0.717, 1.165) is 26.1 Å². The normalized spacial score (nSPS) is 12.4. The Morgan fingerprint density at radius 3 is 2.28 bits per heavy atom. The van der Waals surface area contributed by atoms with Gasteiger partial charge in [0.05, 0.1) is 0 Å². The number of nitrogens with two attached hydrogens (primary N) is 1. The summed E-state index contributed by atoms with van der Waals surface area (Å²) in [6.45, 7) is 10.3. The van der Waals surface area contributed by atoms with Gasteiger partial charge in [0.15, 0.2) is 0 Å². The van der Waals surface area contributed by atoms with Crippen LogP contribution in [0.25, 0.3) is 0 Å². The van der Waals surface area contributed by atoms with Gasteiger partial charge in [0.25, 0.3) is 0 Å². The van der Waals surface area contributed by atoms with Gasteiger partial charge in [-0.1, -0.05) is 12.1 Å². The third-order valence-electron chi connectivity index (χ3n) is 3.24. The predicted octanol–water partition coefficient (Wildman–Crippen LogP) is 2.01. The Morgan fingerprint density at radius 2 is 1.78 bits per heavy atom. The molecule has 0 aliphatic heterocycles. The molecule has 0 radical (unpaired) electrons. The molecule has 3 nitrogen and oxygen atoms in total. The molecule has 1 aromatic rings. The van der Waals surface area contributed by atoms with Crippen LogP contribution in [0.5, 0.6) is 0 Å². The molecule has 0 fully saturated rings. The van der Waals surface area contributed by atoms with Crippen LogP contribution in [0.1, 0.15) is 26.3 Å². The molecule has 0 bridgehead atoms. The van der Waals surface area contributed by atoms with Gasteiger partial charge in [0.1, 0.15) is 0 Å². The molecule has 0 spiro atoms. The van der Waals surface area contributed by atoms with E-state index in [1.54, 1.807) is 0 Å². The SMILES string of the molecule is CCN(CC)c1ccc(CC(C)NCCN)cc1. The molecule has 18 heavy (non-hydrogen) atoms. The van der Waals surface area contributed by atoms with Gasteiger partial charge in [-0.05, 0) is 44.9 Å². The second-order valence-corrected chi connectivity index (χ2v) is 4.69. The van der Waals surface area contributed by atoms with Gasteiger partial charge in [0, 0.05) is 37.9 Å². The van der Waals surface area contributed by atoms with Gasteiger partial charge in [-0.25, -0.2) is 0 Å². The van der Waals surface area contributed by atoms with E-state index in [9.17, 15) is 0 Å². The fourth-order valence-electron chi connectivity index (χ4n) is 2.19. The van der Waals surface area contributed by atoms with E-state index in [1.165, 1.54) is 11.3 Å². The van der Waals surface area contributed by atoms with Gasteiger partial charge >= 0.3 is 0 Å². The van der Waals surface area contributed by atoms with E-state index in [0.29, 0.717) is 12.6 Å². The van der Waals surface area contributed by atoms with Crippen molar-refractivity contribution in [2.24, 2.45) is 5.73 Å². The summed E-state index contributed by atoms with van der Waals surface area (Å²) in [5, 5.41) is 3.41. The zero-order chi connectivity index (χ0) is 13.4. The second kappa shape index (κ2) is 8.11. The Labute approximate surface area is 111 Å². The smallest absolute Gasteiger partial charge is 0.0366 e. The van der Waals surface area contributed by atoms with Crippen LogP contribution in [0.4, 0.5) is 5.69 Å². The highest BCUT2D eigenvalue weighted by atomic mass is 15.1. The van der Waals surface area contributed by atoms with Crippen LogP contribution in [0, 0.1) is 0 Å². The number of benzene rings is 1. The molecule has 1 atom stereocenters. The summed E-state index contributed by atoms with van der Waals surface area (Å²) >= 11 is 0. The van der Waals surface area contributed by atoms with E-state index in [1.807, 2.05) is 0 Å². The topological polar surface area (TPSA) is 41.3 Å². The molecule has 1 unspecified atom stereocenters. The second-order valence-electron chi connectivity index (χ2n) is 4.69. The molecule has 0 aromatic heterocycles. The molecule has 1 aromatic carbocycles. The summed E-state index contributed by atoms with van der Waals surface area (Å²) in [6, 6.07) is 9.38. The number of rotatable bonds is 8. The first kappa shape index (κ1) is 15.0. The molecular formula is C15H27N3. The number of hydrogen-bond donors (Lipinski definition) is 2. The van der Waals surface area contributed by atoms with Crippen molar-refractivity contribution in [3.8, 4) is 0 Å². The quantitative estimate of drug-likeness (QED) is 0.740. The zero-order valence-corrected chi connectivity index (χ0v) is 11.9. The Balaban J connectivity index is 2.54. The van der Waals surface area contributed by atoms with Crippen molar-refractivity contribution in [1.29, 1.82) is 0 Å². The third-order valence-corrected chi connectivity index (χ3v) is 3.24. The average molecular weight is 249 g/mol. The summed E-state index contributed by atoms with van der Waals surface area (Å²) < 4.78 is 0. The first-order chi connectivity index (χ1) is 8.71. The van der Waals surface area contributed by atoms with Crippen LogP contribution in [-0.2, 0) is 6.42 Å². The Bertz CT molecular complexity index is 317. The van der Waals surface area contributed by atoms with Crippen LogP contribution in [0.3, 0.4) is 0 Å². The summed E-state index contributed by atoms with van der Waals surface area (Å²) in [6.07, 6.45) is 1.05. The maximum absolute atomic E-state index is 5.49. The highest BCUT2D eigenvalue weighted by Gasteiger charge is 2.04. The van der Waals surface area contributed by atoms with Crippen LogP contribution in [-0.4, -0.2) is 32.2 Å². The van der Waals surface area contributed by atoms with E-state index in [4.69, 9.17) is 5.73 Å². The standard InChI is InChI=1S/C15H27N3/c1-4-18(5-2)15-8-6-14(7-9-15)12-13(3)17-11-10-16/h6-9,13,17H,4-5,10-12,16H2,1-3H3. The molecule has 102 valence electrons. The molecular weight excluding hydrogens is 222 g/mol. The number of anilines is 1. The molecule has 0 saturated carbocycles. The van der Waals surface area contributed by atoms with Crippen LogP contribution < -0.4 is 16.0 Å². The summed E-state index contributed by atoms with van der Waals surface area (Å²) in [5.74, 6) is 0. The van der Waals surface area contributed by atoms with E-state index in [2.05, 4.69) is 55.3 Å². The largest absolute Gasteiger partial charge is 0.372 e. The van der Waals surface area contributed by atoms with Crippen molar-refractivity contribution in [3.05, 3.63) is 29.8 Å². The Kier molecular flexibility index (Phi) is 6.76. The molecule has 3 N–H and O–H groups in total. The lowest BCUT2D eigenvalue weighted by Crippen LogP contribution is -2.32. The molecule has 0 aliphatic rings. The Morgan fingerprint density at radius 1 is 1.17 bits per heavy atom. The molecule has 0 amide bonds. The lowest BCUT2D eigenvalue weighted by atomic mass is 10.1. The number of nitrogens with one attached hydrogen (secondary N) is 1. The van der Waals surface area contributed by atoms with E-state index >= 15 is 0 Å². The van der Waals surface area contributed by atoms with Gasteiger partial charge < -0.3 is 16.0 Å². The third kappa shape index (κ3) is 4.67.